The zero-order valence-electron chi connectivity index (χ0n) is 23.2. The predicted molar refractivity (Wildman–Crippen MR) is 164 cm³/mol. The number of aliphatic imine (C=N–C) groups is 2. The number of aryl methyl sites for hydroxylation is 1. The van der Waals surface area contributed by atoms with Crippen LogP contribution < -0.4 is 9.47 Å². The molecular formula is C35H34N2O4. The van der Waals surface area contributed by atoms with Crippen molar-refractivity contribution in [3.05, 3.63) is 108 Å². The van der Waals surface area contributed by atoms with Crippen molar-refractivity contribution in [1.29, 1.82) is 0 Å². The Kier molecular flexibility index (Phi) is 8.50. The van der Waals surface area contributed by atoms with Gasteiger partial charge in [-0.25, -0.2) is 0 Å². The molecule has 208 valence electrons. The maximum atomic E-state index is 5.96. The minimum atomic E-state index is 0.241. The highest BCUT2D eigenvalue weighted by molar-refractivity contribution is 5.83. The monoisotopic (exact) mass is 546 g/mol. The molecule has 2 fully saturated rings. The molecule has 0 bridgehead atoms. The largest absolute Gasteiger partial charge is 0.491 e. The van der Waals surface area contributed by atoms with Crippen molar-refractivity contribution in [3.63, 3.8) is 0 Å². The van der Waals surface area contributed by atoms with Crippen LogP contribution in [0.1, 0.15) is 30.0 Å². The third kappa shape index (κ3) is 7.91. The maximum absolute atomic E-state index is 5.96. The van der Waals surface area contributed by atoms with Gasteiger partial charge in [-0.1, -0.05) is 49.7 Å². The Labute approximate surface area is 241 Å². The second-order valence-electron chi connectivity index (χ2n) is 10.3. The number of hydrogen-bond donors (Lipinski definition) is 0. The Morgan fingerprint density at radius 1 is 0.707 bits per heavy atom. The lowest BCUT2D eigenvalue weighted by Gasteiger charge is -2.11. The van der Waals surface area contributed by atoms with Crippen LogP contribution in [-0.2, 0) is 15.9 Å². The summed E-state index contributed by atoms with van der Waals surface area (Å²) in [5.41, 5.74) is 7.34. The third-order valence-electron chi connectivity index (χ3n) is 6.92. The van der Waals surface area contributed by atoms with E-state index in [4.69, 9.17) is 23.9 Å². The predicted octanol–water partition coefficient (Wildman–Crippen LogP) is 7.36. The number of hydrogen-bond acceptors (Lipinski definition) is 6. The van der Waals surface area contributed by atoms with Crippen molar-refractivity contribution in [3.8, 4) is 22.6 Å². The van der Waals surface area contributed by atoms with Crippen molar-refractivity contribution in [1.82, 2.24) is 0 Å². The average Bonchev–Trinajstić information content (AvgIpc) is 3.95. The Morgan fingerprint density at radius 3 is 1.88 bits per heavy atom. The fraction of sp³-hybridized carbons (Fsp3) is 0.257. The molecule has 0 amide bonds. The second kappa shape index (κ2) is 12.9. The van der Waals surface area contributed by atoms with Crippen LogP contribution in [0, 0.1) is 0 Å². The number of rotatable bonds is 13. The van der Waals surface area contributed by atoms with E-state index in [-0.39, 0.29) is 12.2 Å². The lowest BCUT2D eigenvalue weighted by atomic mass is 10.0. The summed E-state index contributed by atoms with van der Waals surface area (Å²) in [7, 11) is 0. The summed E-state index contributed by atoms with van der Waals surface area (Å²) in [5, 5.41) is 0. The molecule has 0 aromatic heterocycles. The molecule has 41 heavy (non-hydrogen) atoms. The van der Waals surface area contributed by atoms with Crippen LogP contribution in [0.4, 0.5) is 11.4 Å². The van der Waals surface area contributed by atoms with Crippen molar-refractivity contribution < 1.29 is 18.9 Å². The van der Waals surface area contributed by atoms with E-state index in [1.165, 1.54) is 5.56 Å². The van der Waals surface area contributed by atoms with Gasteiger partial charge < -0.3 is 18.9 Å². The standard InChI is InChI=1S/C35H34N2O4/c1-2-4-29-17-26(7-16-35(29)41-24-34-23-40-34)20-37-31-14-10-28(11-15-31)27-8-12-30(13-9-27)36-19-25-5-3-6-32(18-25)38-21-33-22-39-33/h3,5-20,33-34H,2,4,21-24H2,1H3/b36-19-,37-20+. The summed E-state index contributed by atoms with van der Waals surface area (Å²) in [6, 6.07) is 30.7. The Balaban J connectivity index is 1.06. The first-order valence-electron chi connectivity index (χ1n) is 14.2. The van der Waals surface area contributed by atoms with Crippen LogP contribution in [0.3, 0.4) is 0 Å². The molecule has 0 spiro atoms. The number of benzene rings is 4. The molecule has 6 rings (SSSR count). The van der Waals surface area contributed by atoms with E-state index in [2.05, 4.69) is 48.3 Å². The summed E-state index contributed by atoms with van der Waals surface area (Å²) in [4.78, 5) is 9.34. The molecule has 2 unspecified atom stereocenters. The molecule has 0 aliphatic carbocycles. The van der Waals surface area contributed by atoms with Gasteiger partial charge in [0.2, 0.25) is 0 Å². The van der Waals surface area contributed by atoms with Crippen LogP contribution in [0.2, 0.25) is 0 Å². The minimum Gasteiger partial charge on any atom is -0.491 e. The zero-order valence-corrected chi connectivity index (χ0v) is 23.2. The van der Waals surface area contributed by atoms with Gasteiger partial charge in [0.25, 0.3) is 0 Å². The van der Waals surface area contributed by atoms with Gasteiger partial charge in [-0.15, -0.1) is 0 Å². The van der Waals surface area contributed by atoms with E-state index >= 15 is 0 Å². The summed E-state index contributed by atoms with van der Waals surface area (Å²) < 4.78 is 22.2. The van der Waals surface area contributed by atoms with Crippen LogP contribution in [0.25, 0.3) is 11.1 Å². The van der Waals surface area contributed by atoms with E-state index in [9.17, 15) is 0 Å². The molecule has 4 aromatic carbocycles. The molecule has 2 atom stereocenters. The number of ether oxygens (including phenoxy) is 4. The Morgan fingerprint density at radius 2 is 1.29 bits per heavy atom. The van der Waals surface area contributed by atoms with Gasteiger partial charge in [0.1, 0.15) is 36.9 Å². The third-order valence-corrected chi connectivity index (χ3v) is 6.92. The highest BCUT2D eigenvalue weighted by Crippen LogP contribution is 2.26. The molecule has 2 saturated heterocycles. The molecule has 6 nitrogen and oxygen atoms in total. The molecule has 0 saturated carbocycles. The SMILES string of the molecule is CCCc1cc(/C=N/c2ccc(-c3ccc(/N=C\c4cccc(OCC5CO5)c4)cc3)cc2)ccc1OCC1CO1. The van der Waals surface area contributed by atoms with Gasteiger partial charge in [0.05, 0.1) is 24.6 Å². The first-order chi connectivity index (χ1) is 20.2. The van der Waals surface area contributed by atoms with E-state index < -0.39 is 0 Å². The van der Waals surface area contributed by atoms with E-state index in [0.29, 0.717) is 13.2 Å². The van der Waals surface area contributed by atoms with Crippen LogP contribution >= 0.6 is 0 Å². The molecule has 0 N–H and O–H groups in total. The lowest BCUT2D eigenvalue weighted by Crippen LogP contribution is -2.06. The van der Waals surface area contributed by atoms with Crippen LogP contribution in [0.5, 0.6) is 11.5 Å². The second-order valence-corrected chi connectivity index (χ2v) is 10.3. The molecule has 2 aliphatic heterocycles. The summed E-state index contributed by atoms with van der Waals surface area (Å²) in [6.07, 6.45) is 6.30. The smallest absolute Gasteiger partial charge is 0.122 e. The lowest BCUT2D eigenvalue weighted by molar-refractivity contribution is 0.261. The fourth-order valence-electron chi connectivity index (χ4n) is 4.45. The highest BCUT2D eigenvalue weighted by atomic mass is 16.6. The van der Waals surface area contributed by atoms with Gasteiger partial charge in [-0.05, 0) is 88.8 Å². The van der Waals surface area contributed by atoms with Crippen LogP contribution in [0.15, 0.2) is 101 Å². The van der Waals surface area contributed by atoms with Crippen molar-refractivity contribution in [2.45, 2.75) is 32.0 Å². The normalized spacial score (nSPS) is 17.7. The van der Waals surface area contributed by atoms with Gasteiger partial charge in [0.15, 0.2) is 0 Å². The topological polar surface area (TPSA) is 68.2 Å². The molecule has 6 heteroatoms. The van der Waals surface area contributed by atoms with Gasteiger partial charge in [0, 0.05) is 12.4 Å². The Bertz CT molecular complexity index is 1500. The number of nitrogens with zero attached hydrogens (tertiary/aromatic N) is 2. The van der Waals surface area contributed by atoms with Crippen LogP contribution in [-0.4, -0.2) is 51.1 Å². The van der Waals surface area contributed by atoms with Gasteiger partial charge in [-0.3, -0.25) is 9.98 Å². The quantitative estimate of drug-likeness (QED) is 0.130. The highest BCUT2D eigenvalue weighted by Gasteiger charge is 2.24. The summed E-state index contributed by atoms with van der Waals surface area (Å²) in [5.74, 6) is 1.77. The van der Waals surface area contributed by atoms with Crippen molar-refractivity contribution >= 4 is 23.8 Å². The molecule has 0 radical (unpaired) electrons. The fourth-order valence-corrected chi connectivity index (χ4v) is 4.45. The minimum absolute atomic E-state index is 0.241. The van der Waals surface area contributed by atoms with Crippen molar-refractivity contribution in [2.24, 2.45) is 9.98 Å². The Hall–Kier alpha value is -4.26. The average molecular weight is 547 g/mol. The molecule has 4 aromatic rings. The summed E-state index contributed by atoms with van der Waals surface area (Å²) >= 11 is 0. The zero-order chi connectivity index (χ0) is 27.9. The van der Waals surface area contributed by atoms with Gasteiger partial charge in [-0.2, -0.15) is 0 Å². The number of epoxide rings is 2. The molecular weight excluding hydrogens is 512 g/mol. The van der Waals surface area contributed by atoms with E-state index in [1.807, 2.05) is 67.0 Å². The molecule has 2 aliphatic rings. The maximum Gasteiger partial charge on any atom is 0.122 e. The summed E-state index contributed by atoms with van der Waals surface area (Å²) in [6.45, 7) is 4.98. The molecule has 2 heterocycles. The first-order valence-corrected chi connectivity index (χ1v) is 14.2. The van der Waals surface area contributed by atoms with E-state index in [0.717, 1.165) is 71.2 Å². The van der Waals surface area contributed by atoms with E-state index in [1.54, 1.807) is 0 Å². The van der Waals surface area contributed by atoms with Crippen molar-refractivity contribution in [2.75, 3.05) is 26.4 Å². The van der Waals surface area contributed by atoms with Gasteiger partial charge >= 0.3 is 0 Å². The first kappa shape index (κ1) is 26.9.